The Bertz CT molecular complexity index is 733. The highest BCUT2D eigenvalue weighted by atomic mass is 16.6. The Labute approximate surface area is 152 Å². The van der Waals surface area contributed by atoms with E-state index in [4.69, 9.17) is 10.5 Å². The van der Waals surface area contributed by atoms with Crippen LogP contribution < -0.4 is 21.5 Å². The van der Waals surface area contributed by atoms with Crippen molar-refractivity contribution in [2.45, 2.75) is 6.92 Å². The van der Waals surface area contributed by atoms with Crippen molar-refractivity contribution in [1.82, 2.24) is 14.9 Å². The molecular weight excluding hydrogens is 334 g/mol. The number of rotatable bonds is 5. The van der Waals surface area contributed by atoms with Gasteiger partial charge in [0.25, 0.3) is 0 Å². The summed E-state index contributed by atoms with van der Waals surface area (Å²) in [7, 11) is 0. The monoisotopic (exact) mass is 357 g/mol. The van der Waals surface area contributed by atoms with Gasteiger partial charge in [-0.2, -0.15) is 0 Å². The molecule has 1 aliphatic heterocycles. The fraction of sp³-hybridized carbons (Fsp3) is 0.353. The molecule has 3 rings (SSSR count). The molecule has 0 atom stereocenters. The molecule has 0 unspecified atom stereocenters. The second-order valence-electron chi connectivity index (χ2n) is 5.75. The molecule has 0 spiro atoms. The van der Waals surface area contributed by atoms with Gasteiger partial charge in [0.1, 0.15) is 12.0 Å². The number of hydrazine groups is 1. The maximum absolute atomic E-state index is 11.8. The van der Waals surface area contributed by atoms with Crippen LogP contribution in [0.15, 0.2) is 36.7 Å². The molecule has 138 valence electrons. The van der Waals surface area contributed by atoms with Crippen molar-refractivity contribution < 1.29 is 9.53 Å². The number of nitrogens with one attached hydrogen (secondary N) is 2. The molecule has 1 aromatic heterocycles. The predicted molar refractivity (Wildman–Crippen MR) is 101 cm³/mol. The van der Waals surface area contributed by atoms with E-state index in [9.17, 15) is 4.79 Å². The molecule has 1 fully saturated rings. The van der Waals surface area contributed by atoms with Crippen molar-refractivity contribution >= 4 is 29.1 Å². The normalized spacial score (nSPS) is 14.0. The summed E-state index contributed by atoms with van der Waals surface area (Å²) in [6.07, 6.45) is 1.19. The molecule has 26 heavy (non-hydrogen) atoms. The van der Waals surface area contributed by atoms with E-state index in [0.717, 1.165) is 5.69 Å². The van der Waals surface area contributed by atoms with E-state index in [1.807, 2.05) is 35.2 Å². The van der Waals surface area contributed by atoms with Gasteiger partial charge in [-0.05, 0) is 19.1 Å². The first-order valence-corrected chi connectivity index (χ1v) is 8.53. The third-order valence-corrected chi connectivity index (χ3v) is 4.07. The van der Waals surface area contributed by atoms with E-state index in [1.54, 1.807) is 11.8 Å². The summed E-state index contributed by atoms with van der Waals surface area (Å²) in [4.78, 5) is 24.0. The number of carbonyl (C=O) groups excluding carboxylic acids is 1. The number of hydrogen-bond acceptors (Lipinski definition) is 8. The molecule has 9 heteroatoms. The smallest absolute Gasteiger partial charge is 0.409 e. The molecule has 0 saturated carbocycles. The van der Waals surface area contributed by atoms with Gasteiger partial charge in [0.15, 0.2) is 11.6 Å². The van der Waals surface area contributed by atoms with Crippen molar-refractivity contribution in [3.8, 4) is 0 Å². The number of para-hydroxylation sites is 1. The van der Waals surface area contributed by atoms with Gasteiger partial charge < -0.3 is 20.3 Å². The third-order valence-electron chi connectivity index (χ3n) is 4.07. The van der Waals surface area contributed by atoms with Crippen LogP contribution in [0.1, 0.15) is 6.92 Å². The Kier molecular flexibility index (Phi) is 5.57. The fourth-order valence-corrected chi connectivity index (χ4v) is 2.71. The lowest BCUT2D eigenvalue weighted by Crippen LogP contribution is -2.49. The largest absolute Gasteiger partial charge is 0.450 e. The summed E-state index contributed by atoms with van der Waals surface area (Å²) >= 11 is 0. The number of amides is 1. The minimum Gasteiger partial charge on any atom is -0.450 e. The Morgan fingerprint density at radius 1 is 1.15 bits per heavy atom. The molecule has 1 aromatic carbocycles. The zero-order valence-corrected chi connectivity index (χ0v) is 14.7. The lowest BCUT2D eigenvalue weighted by Gasteiger charge is -2.35. The zero-order chi connectivity index (χ0) is 18.4. The third kappa shape index (κ3) is 4.05. The molecule has 2 heterocycles. The number of benzene rings is 1. The van der Waals surface area contributed by atoms with E-state index in [2.05, 4.69) is 20.8 Å². The number of aromatic nitrogens is 2. The van der Waals surface area contributed by atoms with Crippen LogP contribution in [0.5, 0.6) is 0 Å². The van der Waals surface area contributed by atoms with Crippen molar-refractivity contribution in [3.63, 3.8) is 0 Å². The van der Waals surface area contributed by atoms with Crippen LogP contribution in [0.3, 0.4) is 0 Å². The van der Waals surface area contributed by atoms with Gasteiger partial charge in [-0.15, -0.1) is 0 Å². The maximum Gasteiger partial charge on any atom is 0.409 e. The Hall–Kier alpha value is -3.23. The molecule has 1 amide bonds. The van der Waals surface area contributed by atoms with Crippen molar-refractivity contribution in [2.24, 2.45) is 0 Å². The van der Waals surface area contributed by atoms with Crippen LogP contribution in [0.4, 0.5) is 27.8 Å². The van der Waals surface area contributed by atoms with Crippen LogP contribution in [0.25, 0.3) is 0 Å². The van der Waals surface area contributed by atoms with Gasteiger partial charge in [0, 0.05) is 26.2 Å². The van der Waals surface area contributed by atoms with E-state index in [-0.39, 0.29) is 6.09 Å². The number of piperazine rings is 1. The van der Waals surface area contributed by atoms with E-state index in [0.29, 0.717) is 50.1 Å². The summed E-state index contributed by atoms with van der Waals surface area (Å²) in [5, 5.41) is 0. The number of anilines is 4. The minimum atomic E-state index is -0.280. The van der Waals surface area contributed by atoms with Gasteiger partial charge in [0.2, 0.25) is 0 Å². The SMILES string of the molecule is CCOC(=O)N1CCN(c2ncnc(NNc3ccccc3)c2N)CC1. The molecule has 4 N–H and O–H groups in total. The Balaban J connectivity index is 1.63. The summed E-state index contributed by atoms with van der Waals surface area (Å²) in [5.74, 6) is 1.16. The van der Waals surface area contributed by atoms with Crippen molar-refractivity contribution in [2.75, 3.05) is 54.3 Å². The van der Waals surface area contributed by atoms with Crippen molar-refractivity contribution in [1.29, 1.82) is 0 Å². The minimum absolute atomic E-state index is 0.280. The fourth-order valence-electron chi connectivity index (χ4n) is 2.71. The topological polar surface area (TPSA) is 109 Å². The van der Waals surface area contributed by atoms with E-state index in [1.165, 1.54) is 6.33 Å². The lowest BCUT2D eigenvalue weighted by molar-refractivity contribution is 0.105. The number of nitrogens with zero attached hydrogens (tertiary/aromatic N) is 4. The average Bonchev–Trinajstić information content (AvgIpc) is 2.68. The van der Waals surface area contributed by atoms with Gasteiger partial charge in [0.05, 0.1) is 12.3 Å². The summed E-state index contributed by atoms with van der Waals surface area (Å²) in [6, 6.07) is 9.67. The molecule has 2 aromatic rings. The molecule has 9 nitrogen and oxygen atoms in total. The van der Waals surface area contributed by atoms with Crippen LogP contribution in [-0.4, -0.2) is 53.7 Å². The van der Waals surface area contributed by atoms with Crippen LogP contribution >= 0.6 is 0 Å². The first-order valence-electron chi connectivity index (χ1n) is 8.53. The number of nitrogen functional groups attached to an aromatic ring is 1. The summed E-state index contributed by atoms with van der Waals surface area (Å²) in [5.41, 5.74) is 13.7. The van der Waals surface area contributed by atoms with E-state index < -0.39 is 0 Å². The van der Waals surface area contributed by atoms with Crippen molar-refractivity contribution in [3.05, 3.63) is 36.7 Å². The Morgan fingerprint density at radius 2 is 1.88 bits per heavy atom. The average molecular weight is 357 g/mol. The number of ether oxygens (including phenoxy) is 1. The molecule has 0 bridgehead atoms. The van der Waals surface area contributed by atoms with Gasteiger partial charge >= 0.3 is 6.09 Å². The molecule has 0 aliphatic carbocycles. The molecule has 1 saturated heterocycles. The van der Waals surface area contributed by atoms with Gasteiger partial charge in [-0.1, -0.05) is 18.2 Å². The first kappa shape index (κ1) is 17.6. The molecule has 0 radical (unpaired) electrons. The quantitative estimate of drug-likeness (QED) is 0.695. The van der Waals surface area contributed by atoms with Gasteiger partial charge in [-0.3, -0.25) is 10.9 Å². The predicted octanol–water partition coefficient (Wildman–Crippen LogP) is 1.78. The standard InChI is InChI=1S/C17H23N7O2/c1-2-26-17(25)24-10-8-23(9-11-24)16-14(18)15(19-12-20-16)22-21-13-6-4-3-5-7-13/h3-7,12,21H,2,8-11,18H2,1H3,(H,19,20,22). The Morgan fingerprint density at radius 3 is 2.58 bits per heavy atom. The first-order chi connectivity index (χ1) is 12.7. The maximum atomic E-state index is 11.8. The molecule has 1 aliphatic rings. The summed E-state index contributed by atoms with van der Waals surface area (Å²) in [6.45, 7) is 4.56. The second kappa shape index (κ2) is 8.24. The highest BCUT2D eigenvalue weighted by Gasteiger charge is 2.24. The summed E-state index contributed by atoms with van der Waals surface area (Å²) < 4.78 is 5.04. The zero-order valence-electron chi connectivity index (χ0n) is 14.7. The lowest BCUT2D eigenvalue weighted by atomic mass is 10.3. The number of hydrogen-bond donors (Lipinski definition) is 3. The second-order valence-corrected chi connectivity index (χ2v) is 5.75. The van der Waals surface area contributed by atoms with Gasteiger partial charge in [-0.25, -0.2) is 14.8 Å². The molecular formula is C17H23N7O2. The highest BCUT2D eigenvalue weighted by Crippen LogP contribution is 2.27. The number of carbonyl (C=O) groups is 1. The van der Waals surface area contributed by atoms with Crippen LogP contribution in [0.2, 0.25) is 0 Å². The number of nitrogens with two attached hydrogens (primary N) is 1. The van der Waals surface area contributed by atoms with Crippen LogP contribution in [0, 0.1) is 0 Å². The van der Waals surface area contributed by atoms with E-state index >= 15 is 0 Å². The van der Waals surface area contributed by atoms with Crippen LogP contribution in [-0.2, 0) is 4.74 Å². The highest BCUT2D eigenvalue weighted by molar-refractivity contribution is 5.76.